The SMILES string of the molecule is CC(C)CCOc1ccc2c(c1)CC1CNC(=O)N1C2. The lowest BCUT2D eigenvalue weighted by Gasteiger charge is -2.30. The minimum absolute atomic E-state index is 0.0675. The van der Waals surface area contributed by atoms with Crippen molar-refractivity contribution in [1.29, 1.82) is 0 Å². The molecular weight excluding hydrogens is 252 g/mol. The molecule has 108 valence electrons. The molecule has 0 aliphatic carbocycles. The highest BCUT2D eigenvalue weighted by atomic mass is 16.5. The van der Waals surface area contributed by atoms with Gasteiger partial charge < -0.3 is 15.0 Å². The van der Waals surface area contributed by atoms with Gasteiger partial charge >= 0.3 is 6.03 Å². The Kier molecular flexibility index (Phi) is 3.55. The summed E-state index contributed by atoms with van der Waals surface area (Å²) in [5, 5.41) is 2.91. The number of nitrogens with zero attached hydrogens (tertiary/aromatic N) is 1. The smallest absolute Gasteiger partial charge is 0.318 e. The summed E-state index contributed by atoms with van der Waals surface area (Å²) in [5.74, 6) is 1.62. The summed E-state index contributed by atoms with van der Waals surface area (Å²) in [5.41, 5.74) is 2.57. The van der Waals surface area contributed by atoms with Crippen molar-refractivity contribution in [3.63, 3.8) is 0 Å². The molecule has 1 atom stereocenters. The minimum atomic E-state index is 0.0675. The van der Waals surface area contributed by atoms with Crippen molar-refractivity contribution in [2.75, 3.05) is 13.2 Å². The number of nitrogens with one attached hydrogen (secondary N) is 1. The van der Waals surface area contributed by atoms with Crippen molar-refractivity contribution in [3.8, 4) is 5.75 Å². The van der Waals surface area contributed by atoms with Crippen LogP contribution < -0.4 is 10.1 Å². The highest BCUT2D eigenvalue weighted by Crippen LogP contribution is 2.28. The number of carbonyl (C=O) groups excluding carboxylic acids is 1. The summed E-state index contributed by atoms with van der Waals surface area (Å²) < 4.78 is 5.82. The predicted molar refractivity (Wildman–Crippen MR) is 77.8 cm³/mol. The van der Waals surface area contributed by atoms with Crippen molar-refractivity contribution >= 4 is 6.03 Å². The number of amides is 2. The zero-order valence-corrected chi connectivity index (χ0v) is 12.2. The standard InChI is InChI=1S/C16H22N2O2/c1-11(2)5-6-20-15-4-3-12-10-18-14(7-13(12)8-15)9-17-16(18)19/h3-4,8,11,14H,5-7,9-10H2,1-2H3,(H,17,19). The molecule has 0 spiro atoms. The van der Waals surface area contributed by atoms with E-state index in [0.29, 0.717) is 12.0 Å². The summed E-state index contributed by atoms with van der Waals surface area (Å²) in [6.45, 7) is 6.66. The van der Waals surface area contributed by atoms with Gasteiger partial charge in [0.05, 0.1) is 12.6 Å². The molecule has 1 fully saturated rings. The molecule has 0 aromatic heterocycles. The van der Waals surface area contributed by atoms with Gasteiger partial charge in [-0.15, -0.1) is 0 Å². The Morgan fingerprint density at radius 1 is 1.40 bits per heavy atom. The molecule has 0 saturated carbocycles. The third-order valence-corrected chi connectivity index (χ3v) is 4.13. The Morgan fingerprint density at radius 2 is 2.25 bits per heavy atom. The van der Waals surface area contributed by atoms with Crippen LogP contribution >= 0.6 is 0 Å². The van der Waals surface area contributed by atoms with E-state index in [1.807, 2.05) is 11.0 Å². The van der Waals surface area contributed by atoms with Crippen LogP contribution in [-0.4, -0.2) is 30.1 Å². The van der Waals surface area contributed by atoms with Crippen LogP contribution in [0, 0.1) is 5.92 Å². The number of urea groups is 1. The number of rotatable bonds is 4. The van der Waals surface area contributed by atoms with Crippen molar-refractivity contribution in [2.45, 2.75) is 39.3 Å². The van der Waals surface area contributed by atoms with Crippen LogP contribution in [-0.2, 0) is 13.0 Å². The lowest BCUT2D eigenvalue weighted by Crippen LogP contribution is -2.38. The Balaban J connectivity index is 1.69. The monoisotopic (exact) mass is 274 g/mol. The van der Waals surface area contributed by atoms with Gasteiger partial charge in [0.25, 0.3) is 0 Å². The van der Waals surface area contributed by atoms with Crippen LogP contribution in [0.2, 0.25) is 0 Å². The first kappa shape index (κ1) is 13.3. The second kappa shape index (κ2) is 5.35. The molecule has 1 saturated heterocycles. The molecule has 2 aliphatic rings. The Morgan fingerprint density at radius 3 is 3.05 bits per heavy atom. The lowest BCUT2D eigenvalue weighted by atomic mass is 9.95. The quantitative estimate of drug-likeness (QED) is 0.917. The van der Waals surface area contributed by atoms with E-state index in [-0.39, 0.29) is 6.03 Å². The number of carbonyl (C=O) groups is 1. The molecule has 2 heterocycles. The average molecular weight is 274 g/mol. The third kappa shape index (κ3) is 2.60. The predicted octanol–water partition coefficient (Wildman–Crippen LogP) is 2.56. The largest absolute Gasteiger partial charge is 0.494 e. The number of hydrogen-bond donors (Lipinski definition) is 1. The van der Waals surface area contributed by atoms with Crippen LogP contribution in [0.25, 0.3) is 0 Å². The first-order valence-electron chi connectivity index (χ1n) is 7.42. The fraction of sp³-hybridized carbons (Fsp3) is 0.562. The van der Waals surface area contributed by atoms with Crippen LogP contribution in [0.3, 0.4) is 0 Å². The molecular formula is C16H22N2O2. The summed E-state index contributed by atoms with van der Waals surface area (Å²) in [6.07, 6.45) is 2.00. The summed E-state index contributed by atoms with van der Waals surface area (Å²) in [6, 6.07) is 6.64. The van der Waals surface area contributed by atoms with Crippen LogP contribution in [0.15, 0.2) is 18.2 Å². The molecule has 20 heavy (non-hydrogen) atoms. The van der Waals surface area contributed by atoms with E-state index < -0.39 is 0 Å². The minimum Gasteiger partial charge on any atom is -0.494 e. The van der Waals surface area contributed by atoms with Gasteiger partial charge in [-0.2, -0.15) is 0 Å². The number of hydrogen-bond acceptors (Lipinski definition) is 2. The highest BCUT2D eigenvalue weighted by Gasteiger charge is 2.34. The van der Waals surface area contributed by atoms with Crippen molar-refractivity contribution in [3.05, 3.63) is 29.3 Å². The molecule has 1 N–H and O–H groups in total. The van der Waals surface area contributed by atoms with Gasteiger partial charge in [0.1, 0.15) is 5.75 Å². The van der Waals surface area contributed by atoms with E-state index in [1.54, 1.807) is 0 Å². The number of fused-ring (bicyclic) bond motifs is 2. The third-order valence-electron chi connectivity index (χ3n) is 4.13. The average Bonchev–Trinajstić information content (AvgIpc) is 2.77. The summed E-state index contributed by atoms with van der Waals surface area (Å²) in [7, 11) is 0. The Bertz CT molecular complexity index is 513. The zero-order valence-electron chi connectivity index (χ0n) is 12.2. The lowest BCUT2D eigenvalue weighted by molar-refractivity contribution is 0.195. The summed E-state index contributed by atoms with van der Waals surface area (Å²) >= 11 is 0. The van der Waals surface area contributed by atoms with Crippen LogP contribution in [0.1, 0.15) is 31.4 Å². The normalized spacial score (nSPS) is 20.6. The van der Waals surface area contributed by atoms with Crippen molar-refractivity contribution < 1.29 is 9.53 Å². The first-order chi connectivity index (χ1) is 9.63. The fourth-order valence-corrected chi connectivity index (χ4v) is 2.85. The maximum absolute atomic E-state index is 11.7. The molecule has 3 rings (SSSR count). The molecule has 0 bridgehead atoms. The highest BCUT2D eigenvalue weighted by molar-refractivity contribution is 5.77. The van der Waals surface area contributed by atoms with Gasteiger partial charge in [0.15, 0.2) is 0 Å². The molecule has 2 amide bonds. The van der Waals surface area contributed by atoms with Crippen molar-refractivity contribution in [1.82, 2.24) is 10.2 Å². The van der Waals surface area contributed by atoms with Crippen molar-refractivity contribution in [2.24, 2.45) is 5.92 Å². The first-order valence-corrected chi connectivity index (χ1v) is 7.42. The Labute approximate surface area is 120 Å². The maximum Gasteiger partial charge on any atom is 0.318 e. The molecule has 4 heteroatoms. The van der Waals surface area contributed by atoms with E-state index in [1.165, 1.54) is 11.1 Å². The molecule has 1 aromatic carbocycles. The van der Waals surface area contributed by atoms with E-state index in [2.05, 4.69) is 31.3 Å². The van der Waals surface area contributed by atoms with Gasteiger partial charge in [0, 0.05) is 13.1 Å². The second-order valence-electron chi connectivity index (χ2n) is 6.13. The second-order valence-corrected chi connectivity index (χ2v) is 6.13. The fourth-order valence-electron chi connectivity index (χ4n) is 2.85. The Hall–Kier alpha value is -1.71. The van der Waals surface area contributed by atoms with E-state index in [9.17, 15) is 4.79 Å². The maximum atomic E-state index is 11.7. The molecule has 0 radical (unpaired) electrons. The van der Waals surface area contributed by atoms with Crippen LogP contribution in [0.5, 0.6) is 5.75 Å². The number of benzene rings is 1. The molecule has 1 unspecified atom stereocenters. The van der Waals surface area contributed by atoms with Crippen LogP contribution in [0.4, 0.5) is 4.79 Å². The molecule has 4 nitrogen and oxygen atoms in total. The van der Waals surface area contributed by atoms with E-state index in [0.717, 1.165) is 38.3 Å². The summed E-state index contributed by atoms with van der Waals surface area (Å²) in [4.78, 5) is 13.6. The topological polar surface area (TPSA) is 41.6 Å². The number of ether oxygens (including phenoxy) is 1. The van der Waals surface area contributed by atoms with E-state index in [4.69, 9.17) is 4.74 Å². The van der Waals surface area contributed by atoms with Gasteiger partial charge in [-0.05, 0) is 42.0 Å². The molecule has 1 aromatic rings. The van der Waals surface area contributed by atoms with Gasteiger partial charge in [-0.3, -0.25) is 0 Å². The van der Waals surface area contributed by atoms with E-state index >= 15 is 0 Å². The van der Waals surface area contributed by atoms with Gasteiger partial charge in [-0.1, -0.05) is 19.9 Å². The van der Waals surface area contributed by atoms with Gasteiger partial charge in [0.2, 0.25) is 0 Å². The van der Waals surface area contributed by atoms with Gasteiger partial charge in [-0.25, -0.2) is 4.79 Å². The zero-order chi connectivity index (χ0) is 14.1. The molecule has 2 aliphatic heterocycles.